The number of azo groups is 1. The summed E-state index contributed by atoms with van der Waals surface area (Å²) in [7, 11) is -3.30. The number of nitrogens with one attached hydrogen (secondary N) is 2. The minimum absolute atomic E-state index is 0.149. The largest absolute Gasteiger partial charge is 0.493 e. The highest BCUT2D eigenvalue weighted by atomic mass is 32.2. The Bertz CT molecular complexity index is 1070. The summed E-state index contributed by atoms with van der Waals surface area (Å²) in [4.78, 5) is 14.7. The lowest BCUT2D eigenvalue weighted by Crippen LogP contribution is -2.05. The second-order valence-corrected chi connectivity index (χ2v) is 7.31. The zero-order valence-corrected chi connectivity index (χ0v) is 13.9. The molecule has 2 aromatic carbocycles. The second-order valence-electron chi connectivity index (χ2n) is 5.29. The molecule has 128 valence electrons. The van der Waals surface area contributed by atoms with E-state index >= 15 is 0 Å². The van der Waals surface area contributed by atoms with Gasteiger partial charge in [-0.2, -0.15) is 0 Å². The quantitative estimate of drug-likeness (QED) is 0.619. The Morgan fingerprint density at radius 3 is 2.48 bits per heavy atom. The van der Waals surface area contributed by atoms with Crippen LogP contribution in [0.4, 0.5) is 16.2 Å². The van der Waals surface area contributed by atoms with E-state index in [1.807, 2.05) is 0 Å². The minimum atomic E-state index is -3.30. The molecule has 0 aliphatic heterocycles. The fourth-order valence-electron chi connectivity index (χ4n) is 2.24. The third-order valence-corrected chi connectivity index (χ3v) is 4.56. The van der Waals surface area contributed by atoms with Gasteiger partial charge in [-0.05, 0) is 30.3 Å². The molecule has 1 aromatic heterocycles. The number of carbonyl (C=O) groups is 1. The predicted molar refractivity (Wildman–Crippen MR) is 93.1 cm³/mol. The number of H-pyrrole nitrogens is 1. The molecule has 3 aromatic rings. The number of fused-ring (bicyclic) bond motifs is 1. The molecule has 2 amide bonds. The Hall–Kier alpha value is -3.20. The van der Waals surface area contributed by atoms with Gasteiger partial charge < -0.3 is 15.4 Å². The number of hydrogen-bond donors (Lipinski definition) is 3. The molecule has 0 bridgehead atoms. The molecule has 3 rings (SSSR count). The van der Waals surface area contributed by atoms with Crippen LogP contribution in [0.1, 0.15) is 0 Å². The first-order chi connectivity index (χ1) is 11.8. The van der Waals surface area contributed by atoms with Gasteiger partial charge in [-0.15, -0.1) is 5.11 Å². The molecule has 8 nitrogen and oxygen atoms in total. The average molecular weight is 358 g/mol. The summed E-state index contributed by atoms with van der Waals surface area (Å²) < 4.78 is 22.8. The van der Waals surface area contributed by atoms with Gasteiger partial charge in [0.2, 0.25) is 5.88 Å². The van der Waals surface area contributed by atoms with Crippen LogP contribution in [-0.2, 0) is 9.84 Å². The van der Waals surface area contributed by atoms with E-state index < -0.39 is 15.9 Å². The number of rotatable bonds is 3. The van der Waals surface area contributed by atoms with E-state index in [-0.39, 0.29) is 16.5 Å². The van der Waals surface area contributed by atoms with Crippen molar-refractivity contribution in [3.05, 3.63) is 48.5 Å². The summed E-state index contributed by atoms with van der Waals surface area (Å²) in [5.41, 5.74) is 1.21. The van der Waals surface area contributed by atoms with Crippen LogP contribution in [0.15, 0.2) is 63.7 Å². The van der Waals surface area contributed by atoms with Crippen molar-refractivity contribution >= 4 is 38.1 Å². The van der Waals surface area contributed by atoms with Crippen molar-refractivity contribution in [2.24, 2.45) is 10.2 Å². The topological polar surface area (TPSA) is 124 Å². The lowest BCUT2D eigenvalue weighted by Gasteiger charge is -2.02. The van der Waals surface area contributed by atoms with Crippen molar-refractivity contribution in [3.8, 4) is 5.88 Å². The van der Waals surface area contributed by atoms with Gasteiger partial charge in [-0.1, -0.05) is 23.3 Å². The number of amides is 2. The second kappa shape index (κ2) is 6.36. The highest BCUT2D eigenvalue weighted by Crippen LogP contribution is 2.35. The zero-order chi connectivity index (χ0) is 18.0. The Morgan fingerprint density at radius 2 is 1.80 bits per heavy atom. The summed E-state index contributed by atoms with van der Waals surface area (Å²) >= 11 is 0. The van der Waals surface area contributed by atoms with Gasteiger partial charge in [0.25, 0.3) is 0 Å². The number of aromatic nitrogens is 1. The maximum Gasteiger partial charge on any atom is 0.364 e. The van der Waals surface area contributed by atoms with Gasteiger partial charge in [0.1, 0.15) is 0 Å². The Kier molecular flexibility index (Phi) is 4.24. The molecule has 9 heteroatoms. The number of sulfone groups is 1. The first kappa shape index (κ1) is 16.7. The van der Waals surface area contributed by atoms with Crippen LogP contribution >= 0.6 is 0 Å². The molecule has 0 saturated carbocycles. The highest BCUT2D eigenvalue weighted by molar-refractivity contribution is 7.90. The molecule has 0 aliphatic carbocycles. The first-order valence-electron chi connectivity index (χ1n) is 7.17. The van der Waals surface area contributed by atoms with Crippen molar-refractivity contribution in [1.29, 1.82) is 0 Å². The van der Waals surface area contributed by atoms with Gasteiger partial charge in [0.05, 0.1) is 10.4 Å². The minimum Gasteiger partial charge on any atom is -0.493 e. The fourth-order valence-corrected chi connectivity index (χ4v) is 2.87. The number of para-hydroxylation sites is 1. The molecular formula is C16H14N4O4S. The highest BCUT2D eigenvalue weighted by Gasteiger charge is 2.11. The lowest BCUT2D eigenvalue weighted by atomic mass is 10.2. The number of aromatic amines is 1. The number of hydrogen-bond acceptors (Lipinski definition) is 5. The summed E-state index contributed by atoms with van der Waals surface area (Å²) in [5, 5.41) is 20.2. The maximum absolute atomic E-state index is 11.9. The Balaban J connectivity index is 1.76. The maximum atomic E-state index is 11.9. The zero-order valence-electron chi connectivity index (χ0n) is 13.1. The molecule has 0 fully saturated rings. The summed E-state index contributed by atoms with van der Waals surface area (Å²) in [6.07, 6.45) is 1.10. The number of urea groups is 1. The molecule has 0 atom stereocenters. The molecule has 0 unspecified atom stereocenters. The molecule has 3 N–H and O–H groups in total. The molecule has 0 radical (unpaired) electrons. The van der Waals surface area contributed by atoms with E-state index in [4.69, 9.17) is 0 Å². The molecule has 0 saturated heterocycles. The number of aromatic hydroxyl groups is 1. The van der Waals surface area contributed by atoms with E-state index in [1.165, 1.54) is 24.3 Å². The number of benzene rings is 2. The van der Waals surface area contributed by atoms with E-state index in [0.717, 1.165) is 6.26 Å². The van der Waals surface area contributed by atoms with Crippen molar-refractivity contribution in [1.82, 2.24) is 4.98 Å². The van der Waals surface area contributed by atoms with Crippen molar-refractivity contribution < 1.29 is 18.3 Å². The first-order valence-corrected chi connectivity index (χ1v) is 9.06. The van der Waals surface area contributed by atoms with Gasteiger partial charge >= 0.3 is 6.03 Å². The molecule has 0 aliphatic rings. The van der Waals surface area contributed by atoms with Crippen molar-refractivity contribution in [3.63, 3.8) is 0 Å². The van der Waals surface area contributed by atoms with Crippen molar-refractivity contribution in [2.75, 3.05) is 11.6 Å². The van der Waals surface area contributed by atoms with Crippen molar-refractivity contribution in [2.45, 2.75) is 4.90 Å². The van der Waals surface area contributed by atoms with E-state index in [2.05, 4.69) is 20.5 Å². The summed E-state index contributed by atoms with van der Waals surface area (Å²) in [6, 6.07) is 12.0. The van der Waals surface area contributed by atoms with Crippen LogP contribution < -0.4 is 5.32 Å². The fraction of sp³-hybridized carbons (Fsp3) is 0.0625. The van der Waals surface area contributed by atoms with Crippen LogP contribution in [0.5, 0.6) is 5.88 Å². The predicted octanol–water partition coefficient (Wildman–Crippen LogP) is 3.59. The van der Waals surface area contributed by atoms with Crippen LogP contribution in [0.2, 0.25) is 0 Å². The lowest BCUT2D eigenvalue weighted by molar-refractivity contribution is 0.258. The van der Waals surface area contributed by atoms with Gasteiger partial charge in [0, 0.05) is 17.3 Å². The summed E-state index contributed by atoms with van der Waals surface area (Å²) in [6.45, 7) is 0. The van der Waals surface area contributed by atoms with Crippen LogP contribution in [0.25, 0.3) is 10.9 Å². The monoisotopic (exact) mass is 358 g/mol. The molecular weight excluding hydrogens is 344 g/mol. The normalized spacial score (nSPS) is 11.9. The summed E-state index contributed by atoms with van der Waals surface area (Å²) in [5.74, 6) is -0.185. The molecule has 25 heavy (non-hydrogen) atoms. The van der Waals surface area contributed by atoms with Crippen LogP contribution in [0.3, 0.4) is 0 Å². The average Bonchev–Trinajstić information content (AvgIpc) is 2.88. The van der Waals surface area contributed by atoms with E-state index in [1.54, 1.807) is 24.3 Å². The number of anilines is 1. The standard InChI is InChI=1S/C16H14N4O4S/c1-25(23,24)11-8-6-10(7-9-11)17-16(22)20-19-14-12-4-2-3-5-13(12)18-15(14)21/h2-9,18,21H,1H3,(H,17,22). The third-order valence-electron chi connectivity index (χ3n) is 3.43. The number of nitrogens with zero attached hydrogens (tertiary/aromatic N) is 2. The molecule has 0 spiro atoms. The van der Waals surface area contributed by atoms with E-state index in [0.29, 0.717) is 16.6 Å². The van der Waals surface area contributed by atoms with Gasteiger partial charge in [-0.3, -0.25) is 0 Å². The number of carbonyl (C=O) groups excluding carboxylic acids is 1. The van der Waals surface area contributed by atoms with Crippen LogP contribution in [-0.4, -0.2) is 30.8 Å². The van der Waals surface area contributed by atoms with Gasteiger partial charge in [0.15, 0.2) is 15.5 Å². The van der Waals surface area contributed by atoms with Gasteiger partial charge in [-0.25, -0.2) is 13.2 Å². The van der Waals surface area contributed by atoms with Crippen LogP contribution in [0, 0.1) is 0 Å². The molecule has 1 heterocycles. The third kappa shape index (κ3) is 3.66. The van der Waals surface area contributed by atoms with E-state index in [9.17, 15) is 18.3 Å². The Labute approximate surface area is 143 Å². The smallest absolute Gasteiger partial charge is 0.364 e. The SMILES string of the molecule is CS(=O)(=O)c1ccc(NC(=O)N=Nc2c(O)[nH]c3ccccc23)cc1. The Morgan fingerprint density at radius 1 is 1.12 bits per heavy atom.